The smallest absolute Gasteiger partial charge is 0.134 e. The van der Waals surface area contributed by atoms with Gasteiger partial charge in [-0.1, -0.05) is 76.2 Å². The number of unbranched alkanes of at least 4 members (excludes halogenated alkanes) is 4. The molecule has 0 amide bonds. The lowest BCUT2D eigenvalue weighted by molar-refractivity contribution is 0.112. The van der Waals surface area contributed by atoms with Crippen LogP contribution >= 0.6 is 0 Å². The summed E-state index contributed by atoms with van der Waals surface area (Å²) in [4.78, 5) is 0. The lowest BCUT2D eigenvalue weighted by Gasteiger charge is -2.42. The van der Waals surface area contributed by atoms with Crippen LogP contribution in [0.4, 0.5) is 8.78 Å². The van der Waals surface area contributed by atoms with Crippen molar-refractivity contribution in [3.8, 4) is 0 Å². The van der Waals surface area contributed by atoms with Crippen molar-refractivity contribution in [2.45, 2.75) is 110 Å². The first-order valence-electron chi connectivity index (χ1n) is 14.1. The lowest BCUT2D eigenvalue weighted by atomic mass is 9.63. The Balaban J connectivity index is 1.38. The first-order valence-corrected chi connectivity index (χ1v) is 14.1. The van der Waals surface area contributed by atoms with Gasteiger partial charge in [0.15, 0.2) is 0 Å². The molecule has 0 saturated heterocycles. The summed E-state index contributed by atoms with van der Waals surface area (Å²) in [6, 6.07) is 7.31. The summed E-state index contributed by atoms with van der Waals surface area (Å²) in [7, 11) is 0. The number of fused-ring (bicyclic) bond motifs is 2. The molecular weight excluding hydrogens is 422 g/mol. The van der Waals surface area contributed by atoms with Gasteiger partial charge in [0.05, 0.1) is 0 Å². The Labute approximate surface area is 206 Å². The van der Waals surface area contributed by atoms with Gasteiger partial charge in [0.25, 0.3) is 0 Å². The molecule has 2 aliphatic rings. The zero-order chi connectivity index (χ0) is 23.9. The van der Waals surface area contributed by atoms with Crippen molar-refractivity contribution >= 4 is 10.8 Å². The molecule has 2 heteroatoms. The van der Waals surface area contributed by atoms with E-state index >= 15 is 4.39 Å². The number of benzene rings is 2. The van der Waals surface area contributed by atoms with Gasteiger partial charge in [0, 0.05) is 5.39 Å². The van der Waals surface area contributed by atoms with E-state index in [2.05, 4.69) is 6.92 Å². The van der Waals surface area contributed by atoms with E-state index in [4.69, 9.17) is 0 Å². The molecule has 2 saturated carbocycles. The Bertz CT molecular complexity index is 959. The van der Waals surface area contributed by atoms with E-state index in [0.29, 0.717) is 17.4 Å². The molecule has 0 heterocycles. The van der Waals surface area contributed by atoms with Gasteiger partial charge >= 0.3 is 0 Å². The quantitative estimate of drug-likeness (QED) is 0.241. The monoisotopic (exact) mass is 466 g/mol. The van der Waals surface area contributed by atoms with Crippen molar-refractivity contribution < 1.29 is 8.78 Å². The Hall–Kier alpha value is -1.70. The van der Waals surface area contributed by atoms with Crippen molar-refractivity contribution in [3.05, 3.63) is 59.2 Å². The highest BCUT2D eigenvalue weighted by atomic mass is 19.1. The maximum absolute atomic E-state index is 15.6. The second-order valence-corrected chi connectivity index (χ2v) is 11.2. The van der Waals surface area contributed by atoms with E-state index in [1.54, 1.807) is 0 Å². The second kappa shape index (κ2) is 12.3. The van der Waals surface area contributed by atoms with Crippen molar-refractivity contribution in [1.82, 2.24) is 0 Å². The minimum Gasteiger partial charge on any atom is -0.207 e. The summed E-state index contributed by atoms with van der Waals surface area (Å²) in [5, 5.41) is 1.28. The lowest BCUT2D eigenvalue weighted by Crippen LogP contribution is -2.30. The minimum atomic E-state index is -0.273. The third-order valence-electron chi connectivity index (χ3n) is 8.84. The van der Waals surface area contributed by atoms with Crippen LogP contribution in [0, 0.1) is 29.4 Å². The molecule has 4 unspecified atom stereocenters. The van der Waals surface area contributed by atoms with Crippen molar-refractivity contribution in [2.75, 3.05) is 0 Å². The highest BCUT2D eigenvalue weighted by Gasteiger charge is 2.36. The largest absolute Gasteiger partial charge is 0.207 e. The van der Waals surface area contributed by atoms with E-state index in [1.807, 2.05) is 37.3 Å². The van der Waals surface area contributed by atoms with Gasteiger partial charge in [0.2, 0.25) is 0 Å². The molecule has 2 aromatic rings. The van der Waals surface area contributed by atoms with Crippen LogP contribution in [0.15, 0.2) is 36.4 Å². The maximum atomic E-state index is 15.6. The standard InChI is InChI=1S/C32H44F2/c1-3-5-7-8-10-11-23-13-14-25-20-26(16-15-24(25)19-23)29-18-17-27-21-28(12-9-6-4-2)31(33)22-30(27)32(29)34/h4,6,17-18,21-26H,3,5,7-16,19-20H2,1-2H3. The van der Waals surface area contributed by atoms with Crippen LogP contribution in [0.2, 0.25) is 0 Å². The molecule has 186 valence electrons. The molecule has 0 bridgehead atoms. The van der Waals surface area contributed by atoms with Crippen LogP contribution in [-0.2, 0) is 6.42 Å². The number of aryl methyl sites for hydroxylation is 1. The van der Waals surface area contributed by atoms with Crippen LogP contribution in [0.25, 0.3) is 10.8 Å². The third kappa shape index (κ3) is 6.10. The summed E-state index contributed by atoms with van der Waals surface area (Å²) in [5.41, 5.74) is 1.51. The molecule has 34 heavy (non-hydrogen) atoms. The van der Waals surface area contributed by atoms with Crippen LogP contribution in [-0.4, -0.2) is 0 Å². The van der Waals surface area contributed by atoms with Crippen molar-refractivity contribution in [1.29, 1.82) is 0 Å². The van der Waals surface area contributed by atoms with E-state index in [-0.39, 0.29) is 17.6 Å². The molecule has 2 aliphatic carbocycles. The molecule has 0 nitrogen and oxygen atoms in total. The van der Waals surface area contributed by atoms with Gasteiger partial charge in [-0.2, -0.15) is 0 Å². The van der Waals surface area contributed by atoms with Gasteiger partial charge < -0.3 is 0 Å². The average molecular weight is 467 g/mol. The fraction of sp³-hybridized carbons (Fsp3) is 0.625. The van der Waals surface area contributed by atoms with Crippen LogP contribution in [0.1, 0.15) is 114 Å². The molecule has 0 spiro atoms. The predicted molar refractivity (Wildman–Crippen MR) is 141 cm³/mol. The number of hydrogen-bond donors (Lipinski definition) is 0. The SMILES string of the molecule is CC=CCCc1cc2ccc(C3CCC4CC(CCCCCCC)CCC4C3)c(F)c2cc1F. The number of hydrogen-bond acceptors (Lipinski definition) is 0. The molecule has 4 atom stereocenters. The molecule has 4 rings (SSSR count). The highest BCUT2D eigenvalue weighted by Crippen LogP contribution is 2.49. The van der Waals surface area contributed by atoms with Gasteiger partial charge in [-0.05, 0) is 104 Å². The maximum Gasteiger partial charge on any atom is 0.134 e. The molecule has 0 radical (unpaired) electrons. The summed E-state index contributed by atoms with van der Waals surface area (Å²) in [6.45, 7) is 4.26. The van der Waals surface area contributed by atoms with Gasteiger partial charge in [0.1, 0.15) is 11.6 Å². The van der Waals surface area contributed by atoms with Crippen LogP contribution < -0.4 is 0 Å². The first-order chi connectivity index (χ1) is 16.6. The fourth-order valence-corrected chi connectivity index (χ4v) is 6.85. The zero-order valence-corrected chi connectivity index (χ0v) is 21.4. The van der Waals surface area contributed by atoms with Crippen molar-refractivity contribution in [2.24, 2.45) is 17.8 Å². The van der Waals surface area contributed by atoms with E-state index in [0.717, 1.165) is 48.0 Å². The number of allylic oxidation sites excluding steroid dienone is 2. The summed E-state index contributed by atoms with van der Waals surface area (Å²) < 4.78 is 30.3. The van der Waals surface area contributed by atoms with Crippen molar-refractivity contribution in [3.63, 3.8) is 0 Å². The molecule has 0 aliphatic heterocycles. The first kappa shape index (κ1) is 25.4. The summed E-state index contributed by atoms with van der Waals surface area (Å²) >= 11 is 0. The number of halogens is 2. The Morgan fingerprint density at radius 2 is 1.71 bits per heavy atom. The molecular formula is C32H44F2. The molecule has 2 fully saturated rings. The average Bonchev–Trinajstić information content (AvgIpc) is 2.85. The van der Waals surface area contributed by atoms with E-state index in [9.17, 15) is 4.39 Å². The molecule has 2 aromatic carbocycles. The Morgan fingerprint density at radius 1 is 0.912 bits per heavy atom. The number of rotatable bonds is 10. The minimum absolute atomic E-state index is 0.180. The van der Waals surface area contributed by atoms with Gasteiger partial charge in [-0.15, -0.1) is 0 Å². The highest BCUT2D eigenvalue weighted by molar-refractivity contribution is 5.85. The second-order valence-electron chi connectivity index (χ2n) is 11.2. The van der Waals surface area contributed by atoms with Gasteiger partial charge in [-0.3, -0.25) is 0 Å². The predicted octanol–water partition coefficient (Wildman–Crippen LogP) is 10.3. The fourth-order valence-electron chi connectivity index (χ4n) is 6.85. The topological polar surface area (TPSA) is 0 Å². The third-order valence-corrected chi connectivity index (χ3v) is 8.84. The normalized spacial score (nSPS) is 25.2. The van der Waals surface area contributed by atoms with Crippen LogP contribution in [0.3, 0.4) is 0 Å². The zero-order valence-electron chi connectivity index (χ0n) is 21.4. The molecule has 0 aromatic heterocycles. The Morgan fingerprint density at radius 3 is 2.53 bits per heavy atom. The van der Waals surface area contributed by atoms with Crippen LogP contribution in [0.5, 0.6) is 0 Å². The Kier molecular flexibility index (Phi) is 9.20. The van der Waals surface area contributed by atoms with E-state index < -0.39 is 0 Å². The van der Waals surface area contributed by atoms with E-state index in [1.165, 1.54) is 70.3 Å². The van der Waals surface area contributed by atoms with Gasteiger partial charge in [-0.25, -0.2) is 8.78 Å². The molecule has 0 N–H and O–H groups in total. The summed E-state index contributed by atoms with van der Waals surface area (Å²) in [6.07, 6.45) is 21.3. The summed E-state index contributed by atoms with van der Waals surface area (Å²) in [5.74, 6) is 2.34.